The van der Waals surface area contributed by atoms with Crippen LogP contribution in [0, 0.1) is 0 Å². The van der Waals surface area contributed by atoms with Gasteiger partial charge in [0.25, 0.3) is 0 Å². The molecule has 1 aromatic rings. The maximum Gasteiger partial charge on any atom is 0.405 e. The maximum atomic E-state index is 11.9. The SMILES string of the molecule is CC(NC(C)c1nccs1)C(=O)NCC(F)(F)F. The van der Waals surface area contributed by atoms with Crippen LogP contribution in [-0.2, 0) is 4.79 Å². The third-order valence-corrected chi connectivity index (χ3v) is 3.14. The van der Waals surface area contributed by atoms with E-state index in [-0.39, 0.29) is 6.04 Å². The number of amides is 1. The zero-order valence-corrected chi connectivity index (χ0v) is 10.7. The normalized spacial score (nSPS) is 15.2. The van der Waals surface area contributed by atoms with Gasteiger partial charge in [-0.1, -0.05) is 0 Å². The van der Waals surface area contributed by atoms with Crippen molar-refractivity contribution in [2.24, 2.45) is 0 Å². The van der Waals surface area contributed by atoms with Crippen LogP contribution in [0.4, 0.5) is 13.2 Å². The molecule has 8 heteroatoms. The lowest BCUT2D eigenvalue weighted by Gasteiger charge is -2.18. The number of aromatic nitrogens is 1. The predicted molar refractivity (Wildman–Crippen MR) is 62.2 cm³/mol. The van der Waals surface area contributed by atoms with Crippen molar-refractivity contribution in [1.82, 2.24) is 15.6 Å². The molecule has 0 aliphatic heterocycles. The Bertz CT molecular complexity index is 380. The molecule has 0 bridgehead atoms. The van der Waals surface area contributed by atoms with Gasteiger partial charge in [0.1, 0.15) is 11.6 Å². The van der Waals surface area contributed by atoms with Crippen molar-refractivity contribution in [3.05, 3.63) is 16.6 Å². The number of alkyl halides is 3. The van der Waals surface area contributed by atoms with Gasteiger partial charge in [-0.05, 0) is 13.8 Å². The van der Waals surface area contributed by atoms with E-state index in [2.05, 4.69) is 10.3 Å². The smallest absolute Gasteiger partial charge is 0.346 e. The van der Waals surface area contributed by atoms with Crippen molar-refractivity contribution in [3.63, 3.8) is 0 Å². The molecule has 2 unspecified atom stereocenters. The minimum atomic E-state index is -4.39. The van der Waals surface area contributed by atoms with Gasteiger partial charge in [-0.15, -0.1) is 11.3 Å². The molecule has 4 nitrogen and oxygen atoms in total. The summed E-state index contributed by atoms with van der Waals surface area (Å²) in [5, 5.41) is 7.29. The number of nitrogens with one attached hydrogen (secondary N) is 2. The summed E-state index contributed by atoms with van der Waals surface area (Å²) in [6.07, 6.45) is -2.76. The fourth-order valence-corrected chi connectivity index (χ4v) is 1.97. The first-order valence-electron chi connectivity index (χ1n) is 5.29. The lowest BCUT2D eigenvalue weighted by atomic mass is 10.2. The summed E-state index contributed by atoms with van der Waals surface area (Å²) < 4.78 is 35.8. The highest BCUT2D eigenvalue weighted by atomic mass is 32.1. The molecule has 18 heavy (non-hydrogen) atoms. The number of hydrogen-bond acceptors (Lipinski definition) is 4. The lowest BCUT2D eigenvalue weighted by molar-refractivity contribution is -0.139. The molecule has 102 valence electrons. The van der Waals surface area contributed by atoms with Gasteiger partial charge >= 0.3 is 6.18 Å². The molecule has 1 amide bonds. The molecule has 0 aliphatic carbocycles. The van der Waals surface area contributed by atoms with Crippen LogP contribution >= 0.6 is 11.3 Å². The number of thiazole rings is 1. The third-order valence-electron chi connectivity index (χ3n) is 2.18. The molecule has 1 aromatic heterocycles. The highest BCUT2D eigenvalue weighted by Crippen LogP contribution is 2.15. The Morgan fingerprint density at radius 3 is 2.67 bits per heavy atom. The van der Waals surface area contributed by atoms with Crippen LogP contribution < -0.4 is 10.6 Å². The Kier molecular flexibility index (Phi) is 5.09. The van der Waals surface area contributed by atoms with Crippen molar-refractivity contribution in [3.8, 4) is 0 Å². The first-order valence-corrected chi connectivity index (χ1v) is 6.17. The zero-order valence-electron chi connectivity index (χ0n) is 9.91. The van der Waals surface area contributed by atoms with E-state index in [4.69, 9.17) is 0 Å². The second-order valence-electron chi connectivity index (χ2n) is 3.81. The van der Waals surface area contributed by atoms with Crippen LogP contribution in [-0.4, -0.2) is 29.7 Å². The van der Waals surface area contributed by atoms with Gasteiger partial charge in [-0.2, -0.15) is 13.2 Å². The van der Waals surface area contributed by atoms with Gasteiger partial charge < -0.3 is 5.32 Å². The quantitative estimate of drug-likeness (QED) is 0.866. The summed E-state index contributed by atoms with van der Waals surface area (Å²) in [6.45, 7) is 1.99. The lowest BCUT2D eigenvalue weighted by Crippen LogP contribution is -2.45. The molecule has 0 aromatic carbocycles. The molecular weight excluding hydrogens is 267 g/mol. The Balaban J connectivity index is 2.40. The number of hydrogen-bond donors (Lipinski definition) is 2. The molecule has 1 rings (SSSR count). The largest absolute Gasteiger partial charge is 0.405 e. The van der Waals surface area contributed by atoms with E-state index < -0.39 is 24.7 Å². The Morgan fingerprint density at radius 1 is 1.50 bits per heavy atom. The highest BCUT2D eigenvalue weighted by Gasteiger charge is 2.29. The van der Waals surface area contributed by atoms with Gasteiger partial charge in [0, 0.05) is 11.6 Å². The van der Waals surface area contributed by atoms with E-state index in [1.165, 1.54) is 18.3 Å². The second-order valence-corrected chi connectivity index (χ2v) is 4.74. The Morgan fingerprint density at radius 2 is 2.17 bits per heavy atom. The van der Waals surface area contributed by atoms with Gasteiger partial charge in [0.2, 0.25) is 5.91 Å². The molecule has 0 fully saturated rings. The second kappa shape index (κ2) is 6.14. The van der Waals surface area contributed by atoms with E-state index in [0.29, 0.717) is 0 Å². The summed E-state index contributed by atoms with van der Waals surface area (Å²) in [5.41, 5.74) is 0. The summed E-state index contributed by atoms with van der Waals surface area (Å²) in [7, 11) is 0. The summed E-state index contributed by atoms with van der Waals surface area (Å²) in [6, 6.07) is -0.900. The van der Waals surface area contributed by atoms with Crippen molar-refractivity contribution in [2.75, 3.05) is 6.54 Å². The van der Waals surface area contributed by atoms with Gasteiger partial charge in [-0.3, -0.25) is 10.1 Å². The highest BCUT2D eigenvalue weighted by molar-refractivity contribution is 7.09. The van der Waals surface area contributed by atoms with Crippen molar-refractivity contribution >= 4 is 17.2 Å². The first kappa shape index (κ1) is 14.9. The van der Waals surface area contributed by atoms with Crippen molar-refractivity contribution < 1.29 is 18.0 Å². The first-order chi connectivity index (χ1) is 8.29. The van der Waals surface area contributed by atoms with Gasteiger partial charge in [-0.25, -0.2) is 4.98 Å². The molecule has 2 N–H and O–H groups in total. The Labute approximate surface area is 107 Å². The molecule has 0 aliphatic rings. The van der Waals surface area contributed by atoms with E-state index in [0.717, 1.165) is 5.01 Å². The van der Waals surface area contributed by atoms with E-state index in [1.54, 1.807) is 18.5 Å². The maximum absolute atomic E-state index is 11.9. The van der Waals surface area contributed by atoms with Crippen LogP contribution in [0.2, 0.25) is 0 Å². The Hall–Kier alpha value is -1.15. The van der Waals surface area contributed by atoms with E-state index >= 15 is 0 Å². The monoisotopic (exact) mass is 281 g/mol. The van der Waals surface area contributed by atoms with Crippen LogP contribution in [0.1, 0.15) is 24.9 Å². The summed E-state index contributed by atoms with van der Waals surface area (Å²) in [4.78, 5) is 15.5. The molecule has 0 radical (unpaired) electrons. The number of halogens is 3. The molecule has 0 spiro atoms. The standard InChI is InChI=1S/C10H14F3N3OS/c1-6(8(17)15-5-10(11,12)13)16-7(2)9-14-3-4-18-9/h3-4,6-7,16H,5H2,1-2H3,(H,15,17). The molecule has 1 heterocycles. The number of carbonyl (C=O) groups excluding carboxylic acids is 1. The average molecular weight is 281 g/mol. The van der Waals surface area contributed by atoms with E-state index in [9.17, 15) is 18.0 Å². The van der Waals surface area contributed by atoms with Crippen LogP contribution in [0.3, 0.4) is 0 Å². The van der Waals surface area contributed by atoms with Gasteiger partial charge in [0.05, 0.1) is 12.1 Å². The van der Waals surface area contributed by atoms with Crippen molar-refractivity contribution in [1.29, 1.82) is 0 Å². The predicted octanol–water partition coefficient (Wildman–Crippen LogP) is 1.86. The van der Waals surface area contributed by atoms with E-state index in [1.807, 2.05) is 5.32 Å². The summed E-state index contributed by atoms with van der Waals surface area (Å²) >= 11 is 1.42. The zero-order chi connectivity index (χ0) is 13.8. The van der Waals surface area contributed by atoms with Crippen LogP contribution in [0.5, 0.6) is 0 Å². The topological polar surface area (TPSA) is 54.0 Å². The number of carbonyl (C=O) groups is 1. The van der Waals surface area contributed by atoms with Crippen molar-refractivity contribution in [2.45, 2.75) is 32.1 Å². The van der Waals surface area contributed by atoms with Gasteiger partial charge in [0.15, 0.2) is 0 Å². The average Bonchev–Trinajstić information content (AvgIpc) is 2.77. The fraction of sp³-hybridized carbons (Fsp3) is 0.600. The number of nitrogens with zero attached hydrogens (tertiary/aromatic N) is 1. The summed E-state index contributed by atoms with van der Waals surface area (Å²) in [5.74, 6) is -0.685. The molecule has 2 atom stereocenters. The molecule has 0 saturated heterocycles. The minimum absolute atomic E-state index is 0.184. The third kappa shape index (κ3) is 5.01. The minimum Gasteiger partial charge on any atom is -0.346 e. The fourth-order valence-electron chi connectivity index (χ4n) is 1.31. The van der Waals surface area contributed by atoms with Crippen LogP contribution in [0.15, 0.2) is 11.6 Å². The van der Waals surface area contributed by atoms with Crippen LogP contribution in [0.25, 0.3) is 0 Å². The molecule has 0 saturated carbocycles. The molecular formula is C10H14F3N3OS. The number of rotatable bonds is 5.